The summed E-state index contributed by atoms with van der Waals surface area (Å²) >= 11 is 13.6. The third kappa shape index (κ3) is 3.36. The topological polar surface area (TPSA) is 80.6 Å². The Morgan fingerprint density at radius 1 is 1.11 bits per heavy atom. The number of nitrogens with one attached hydrogen (secondary N) is 1. The van der Waals surface area contributed by atoms with Gasteiger partial charge in [-0.25, -0.2) is 14.8 Å². The van der Waals surface area contributed by atoms with Crippen LogP contribution in [0.5, 0.6) is 0 Å². The summed E-state index contributed by atoms with van der Waals surface area (Å²) in [4.78, 5) is 36.8. The summed E-state index contributed by atoms with van der Waals surface area (Å²) in [5, 5.41) is 1.99. The second-order valence-corrected chi connectivity index (χ2v) is 9.04. The van der Waals surface area contributed by atoms with E-state index in [9.17, 15) is 9.59 Å². The van der Waals surface area contributed by atoms with Crippen molar-refractivity contribution in [3.05, 3.63) is 60.5 Å². The molecule has 2 fully saturated rings. The van der Waals surface area contributed by atoms with E-state index in [1.807, 2.05) is 12.1 Å². The summed E-state index contributed by atoms with van der Waals surface area (Å²) in [5.74, 6) is 1.62. The zero-order valence-electron chi connectivity index (χ0n) is 14.7. The fourth-order valence-electron chi connectivity index (χ4n) is 3.22. The number of rotatable bonds is 5. The maximum absolute atomic E-state index is 12.6. The number of hydrogen-bond acceptors (Lipinski definition) is 5. The maximum Gasteiger partial charge on any atom is 0.330 e. The van der Waals surface area contributed by atoms with Crippen LogP contribution in [0, 0.1) is 0 Å². The fraction of sp³-hybridized carbons (Fsp3) is 0.368. The number of thioether (sulfide) groups is 1. The molecule has 0 atom stereocenters. The smallest absolute Gasteiger partial charge is 0.274 e. The van der Waals surface area contributed by atoms with Crippen molar-refractivity contribution in [3.8, 4) is 0 Å². The average Bonchev–Trinajstić information content (AvgIpc) is 3.54. The van der Waals surface area contributed by atoms with Crippen molar-refractivity contribution in [1.82, 2.24) is 19.5 Å². The van der Waals surface area contributed by atoms with Gasteiger partial charge in [-0.05, 0) is 43.4 Å². The van der Waals surface area contributed by atoms with E-state index in [4.69, 9.17) is 23.2 Å². The molecule has 0 amide bonds. The van der Waals surface area contributed by atoms with E-state index >= 15 is 0 Å². The Balaban J connectivity index is 1.62. The zero-order valence-corrected chi connectivity index (χ0v) is 17.1. The lowest BCUT2D eigenvalue weighted by molar-refractivity contribution is 0.691. The monoisotopic (exact) mass is 434 g/mol. The van der Waals surface area contributed by atoms with Gasteiger partial charge in [0.1, 0.15) is 16.2 Å². The van der Waals surface area contributed by atoms with Gasteiger partial charge in [0.2, 0.25) is 0 Å². The van der Waals surface area contributed by atoms with E-state index < -0.39 is 5.56 Å². The van der Waals surface area contributed by atoms with Crippen LogP contribution in [0.3, 0.4) is 0 Å². The Hall–Kier alpha value is -1.83. The van der Waals surface area contributed by atoms with E-state index in [0.29, 0.717) is 37.8 Å². The number of aromatic amines is 1. The second kappa shape index (κ2) is 6.90. The first-order chi connectivity index (χ1) is 13.5. The summed E-state index contributed by atoms with van der Waals surface area (Å²) in [6, 6.07) is 5.58. The number of hydrogen-bond donors (Lipinski definition) is 1. The summed E-state index contributed by atoms with van der Waals surface area (Å²) in [7, 11) is 0. The number of H-pyrrole nitrogens is 1. The zero-order chi connectivity index (χ0) is 19.4. The lowest BCUT2D eigenvalue weighted by atomic mass is 10.2. The minimum absolute atomic E-state index is 0.113. The molecule has 144 valence electrons. The Morgan fingerprint density at radius 2 is 1.89 bits per heavy atom. The van der Waals surface area contributed by atoms with Gasteiger partial charge in [-0.2, -0.15) is 0 Å². The molecule has 0 spiro atoms. The first-order valence-electron chi connectivity index (χ1n) is 9.14. The number of fused-ring (bicyclic) bond motifs is 1. The van der Waals surface area contributed by atoms with Crippen LogP contribution in [0.1, 0.15) is 49.0 Å². The maximum atomic E-state index is 12.6. The molecule has 0 aliphatic heterocycles. The third-order valence-corrected chi connectivity index (χ3v) is 6.77. The number of benzene rings is 1. The Bertz CT molecular complexity index is 1220. The van der Waals surface area contributed by atoms with Crippen LogP contribution in [0.4, 0.5) is 0 Å². The number of halogens is 2. The molecule has 2 saturated carbocycles. The molecule has 3 aromatic rings. The highest BCUT2D eigenvalue weighted by molar-refractivity contribution is 7.98. The van der Waals surface area contributed by atoms with Crippen molar-refractivity contribution >= 4 is 46.0 Å². The molecule has 1 N–H and O–H groups in total. The van der Waals surface area contributed by atoms with Gasteiger partial charge in [0.25, 0.3) is 5.56 Å². The van der Waals surface area contributed by atoms with Crippen molar-refractivity contribution in [2.45, 2.75) is 48.4 Å². The minimum Gasteiger partial charge on any atom is -0.274 e. The first-order valence-corrected chi connectivity index (χ1v) is 10.9. The highest BCUT2D eigenvalue weighted by Crippen LogP contribution is 2.41. The molecule has 2 aliphatic carbocycles. The number of nitrogens with zero attached hydrogens (tertiary/aromatic N) is 3. The van der Waals surface area contributed by atoms with Crippen LogP contribution in [-0.2, 0) is 5.75 Å². The van der Waals surface area contributed by atoms with Crippen LogP contribution in [0.2, 0.25) is 10.0 Å². The molecule has 0 unspecified atom stereocenters. The van der Waals surface area contributed by atoms with Gasteiger partial charge >= 0.3 is 5.69 Å². The van der Waals surface area contributed by atoms with Crippen molar-refractivity contribution in [2.75, 3.05) is 0 Å². The van der Waals surface area contributed by atoms with Gasteiger partial charge in [-0.3, -0.25) is 14.3 Å². The molecular formula is C19H16Cl2N4O2S. The lowest BCUT2D eigenvalue weighted by Crippen LogP contribution is -2.31. The van der Waals surface area contributed by atoms with Crippen molar-refractivity contribution in [2.24, 2.45) is 0 Å². The van der Waals surface area contributed by atoms with Gasteiger partial charge in [-0.1, -0.05) is 29.3 Å². The van der Waals surface area contributed by atoms with Crippen molar-refractivity contribution in [1.29, 1.82) is 0 Å². The largest absolute Gasteiger partial charge is 0.330 e. The van der Waals surface area contributed by atoms with Crippen LogP contribution < -0.4 is 11.2 Å². The Labute approximate surface area is 174 Å². The van der Waals surface area contributed by atoms with E-state index in [-0.39, 0.29) is 11.7 Å². The summed E-state index contributed by atoms with van der Waals surface area (Å²) in [6.07, 6.45) is 3.93. The fourth-order valence-corrected chi connectivity index (χ4v) is 4.51. The molecule has 2 aliphatic rings. The molecule has 0 saturated heterocycles. The quantitative estimate of drug-likeness (QED) is 0.478. The van der Waals surface area contributed by atoms with Crippen LogP contribution in [0.25, 0.3) is 11.0 Å². The summed E-state index contributed by atoms with van der Waals surface area (Å²) in [5.41, 5.74) is 0.618. The molecule has 1 aromatic carbocycles. The minimum atomic E-state index is -0.434. The third-order valence-electron chi connectivity index (χ3n) is 4.98. The molecule has 2 aromatic heterocycles. The lowest BCUT2D eigenvalue weighted by Gasteiger charge is -2.12. The Morgan fingerprint density at radius 3 is 2.57 bits per heavy atom. The van der Waals surface area contributed by atoms with E-state index in [1.165, 1.54) is 11.8 Å². The standard InChI is InChI=1S/C19H16Cl2N4O2S/c20-12-6-1-9(7-13(12)21)8-28-18-14-16(22-15(23-18)10-2-3-10)25(11-4-5-11)19(27)24-17(14)26/h1,6-7,10-11H,2-5,8H2,(H,24,26,27). The molecule has 28 heavy (non-hydrogen) atoms. The first kappa shape index (κ1) is 18.2. The predicted octanol–water partition coefficient (Wildman–Crippen LogP) is 4.29. The van der Waals surface area contributed by atoms with E-state index in [1.54, 1.807) is 10.6 Å². The Kier molecular flexibility index (Phi) is 4.49. The molecule has 9 heteroatoms. The molecule has 0 bridgehead atoms. The van der Waals surface area contributed by atoms with Crippen LogP contribution >= 0.6 is 35.0 Å². The van der Waals surface area contributed by atoms with Crippen molar-refractivity contribution in [3.63, 3.8) is 0 Å². The summed E-state index contributed by atoms with van der Waals surface area (Å²) < 4.78 is 1.63. The van der Waals surface area contributed by atoms with Gasteiger partial charge in [-0.15, -0.1) is 11.8 Å². The van der Waals surface area contributed by atoms with Gasteiger partial charge in [0.15, 0.2) is 5.65 Å². The van der Waals surface area contributed by atoms with Gasteiger partial charge in [0.05, 0.1) is 10.0 Å². The highest BCUT2D eigenvalue weighted by atomic mass is 35.5. The molecule has 2 heterocycles. The molecule has 5 rings (SSSR count). The number of aromatic nitrogens is 4. The molecule has 6 nitrogen and oxygen atoms in total. The van der Waals surface area contributed by atoms with Crippen LogP contribution in [0.15, 0.2) is 32.8 Å². The highest BCUT2D eigenvalue weighted by Gasteiger charge is 2.32. The van der Waals surface area contributed by atoms with Gasteiger partial charge in [0, 0.05) is 17.7 Å². The van der Waals surface area contributed by atoms with Crippen molar-refractivity contribution < 1.29 is 0 Å². The van der Waals surface area contributed by atoms with E-state index in [2.05, 4.69) is 15.0 Å². The normalized spacial score (nSPS) is 16.6. The molecular weight excluding hydrogens is 419 g/mol. The molecule has 0 radical (unpaired) electrons. The predicted molar refractivity (Wildman–Crippen MR) is 111 cm³/mol. The summed E-state index contributed by atoms with van der Waals surface area (Å²) in [6.45, 7) is 0. The van der Waals surface area contributed by atoms with Gasteiger partial charge < -0.3 is 0 Å². The average molecular weight is 435 g/mol. The second-order valence-electron chi connectivity index (χ2n) is 7.26. The van der Waals surface area contributed by atoms with Crippen LogP contribution in [-0.4, -0.2) is 19.5 Å². The van der Waals surface area contributed by atoms with E-state index in [0.717, 1.165) is 37.1 Å². The SMILES string of the molecule is O=c1[nH]c(=O)n(C2CC2)c2nc(C3CC3)nc(SCc3ccc(Cl)c(Cl)c3)c12.